The number of aryl methyl sites for hydroxylation is 1. The molecule has 3 rings (SSSR count). The van der Waals surface area contributed by atoms with Gasteiger partial charge < -0.3 is 28.8 Å². The van der Waals surface area contributed by atoms with Crippen LogP contribution in [0.5, 0.6) is 0 Å². The van der Waals surface area contributed by atoms with Crippen LogP contribution >= 0.6 is 7.60 Å². The minimum atomic E-state index is -4.08. The van der Waals surface area contributed by atoms with E-state index in [1.807, 2.05) is 0 Å². The molecule has 0 saturated carbocycles. The molecule has 0 aliphatic carbocycles. The summed E-state index contributed by atoms with van der Waals surface area (Å²) in [6.45, 7) is 1.28. The van der Waals surface area contributed by atoms with Crippen molar-refractivity contribution in [1.82, 2.24) is 19.5 Å². The van der Waals surface area contributed by atoms with Gasteiger partial charge in [0.05, 0.1) is 12.9 Å². The Kier molecular flexibility index (Phi) is 5.28. The number of rotatable bonds is 8. The van der Waals surface area contributed by atoms with Crippen molar-refractivity contribution in [2.45, 2.75) is 20.1 Å². The second-order valence-electron chi connectivity index (χ2n) is 5.44. The summed E-state index contributed by atoms with van der Waals surface area (Å²) >= 11 is 0. The molecule has 146 valence electrons. The van der Waals surface area contributed by atoms with Crippen LogP contribution in [0.1, 0.15) is 11.5 Å². The average molecular weight is 401 g/mol. The summed E-state index contributed by atoms with van der Waals surface area (Å²) in [6, 6.07) is 0. The first-order valence-corrected chi connectivity index (χ1v) is 9.35. The molecule has 0 aromatic carbocycles. The van der Waals surface area contributed by atoms with Gasteiger partial charge in [-0.2, -0.15) is 4.98 Å². The first kappa shape index (κ1) is 19.0. The van der Waals surface area contributed by atoms with Gasteiger partial charge in [0.1, 0.15) is 18.7 Å². The molecule has 0 radical (unpaired) electrons. The van der Waals surface area contributed by atoms with Gasteiger partial charge in [-0.25, -0.2) is 9.78 Å². The zero-order valence-electron chi connectivity index (χ0n) is 14.1. The van der Waals surface area contributed by atoms with Gasteiger partial charge in [-0.3, -0.25) is 18.9 Å². The maximum Gasteiger partial charge on any atom is 0.519 e. The number of hydrogen-bond donors (Lipinski definition) is 3. The number of imidazole rings is 1. The van der Waals surface area contributed by atoms with Crippen LogP contribution in [0.2, 0.25) is 0 Å². The summed E-state index contributed by atoms with van der Waals surface area (Å²) in [5.41, 5.74) is 5.43. The topological polar surface area (TPSA) is 189 Å². The van der Waals surface area contributed by atoms with E-state index < -0.39 is 31.9 Å². The summed E-state index contributed by atoms with van der Waals surface area (Å²) < 4.78 is 32.7. The van der Waals surface area contributed by atoms with Crippen molar-refractivity contribution < 1.29 is 27.6 Å². The Bertz CT molecular complexity index is 1110. The Labute approximate surface area is 150 Å². The predicted molar refractivity (Wildman–Crippen MR) is 90.0 cm³/mol. The van der Waals surface area contributed by atoms with Gasteiger partial charge in [0.2, 0.25) is 5.95 Å². The highest BCUT2D eigenvalue weighted by Crippen LogP contribution is 2.42. The van der Waals surface area contributed by atoms with E-state index in [4.69, 9.17) is 15.0 Å². The van der Waals surface area contributed by atoms with Crippen molar-refractivity contribution in [2.24, 2.45) is 0 Å². The van der Waals surface area contributed by atoms with E-state index >= 15 is 0 Å². The smallest absolute Gasteiger partial charge is 0.396 e. The molecule has 3 heterocycles. The van der Waals surface area contributed by atoms with Gasteiger partial charge in [-0.15, -0.1) is 0 Å². The summed E-state index contributed by atoms with van der Waals surface area (Å²) in [5.74, 6) is -0.789. The van der Waals surface area contributed by atoms with Crippen molar-refractivity contribution in [3.05, 3.63) is 38.8 Å². The van der Waals surface area contributed by atoms with Gasteiger partial charge in [0.15, 0.2) is 16.9 Å². The second kappa shape index (κ2) is 7.48. The largest absolute Gasteiger partial charge is 0.519 e. The molecule has 1 atom stereocenters. The zero-order valence-corrected chi connectivity index (χ0v) is 15.0. The van der Waals surface area contributed by atoms with E-state index in [1.54, 1.807) is 0 Å². The zero-order chi connectivity index (χ0) is 19.6. The maximum atomic E-state index is 11.9. The van der Waals surface area contributed by atoms with E-state index in [9.17, 15) is 19.0 Å². The number of fused-ring (bicyclic) bond motifs is 1. The fourth-order valence-corrected chi connectivity index (χ4v) is 2.93. The van der Waals surface area contributed by atoms with Gasteiger partial charge in [0.25, 0.3) is 5.56 Å². The van der Waals surface area contributed by atoms with Crippen molar-refractivity contribution in [3.63, 3.8) is 0 Å². The van der Waals surface area contributed by atoms with Crippen LogP contribution in [0, 0.1) is 6.92 Å². The molecule has 13 nitrogen and oxygen atoms in total. The summed E-state index contributed by atoms with van der Waals surface area (Å²) in [5, 5.41) is 0. The van der Waals surface area contributed by atoms with E-state index in [-0.39, 0.29) is 41.8 Å². The number of ether oxygens (including phenoxy) is 1. The lowest BCUT2D eigenvalue weighted by atomic mass is 10.4. The molecule has 0 fully saturated rings. The van der Waals surface area contributed by atoms with Crippen molar-refractivity contribution in [1.29, 1.82) is 0 Å². The van der Waals surface area contributed by atoms with Crippen molar-refractivity contribution in [2.75, 3.05) is 18.7 Å². The monoisotopic (exact) mass is 401 g/mol. The van der Waals surface area contributed by atoms with Gasteiger partial charge in [-0.05, 0) is 6.92 Å². The fourth-order valence-electron chi connectivity index (χ4n) is 2.18. The van der Waals surface area contributed by atoms with Crippen LogP contribution in [0.3, 0.4) is 0 Å². The molecule has 14 heteroatoms. The third-order valence-corrected chi connectivity index (χ3v) is 4.50. The number of nitrogens with one attached hydrogen (secondary N) is 1. The van der Waals surface area contributed by atoms with Crippen molar-refractivity contribution in [3.8, 4) is 0 Å². The molecule has 3 aromatic heterocycles. The average Bonchev–Trinajstić information content (AvgIpc) is 3.12. The number of nitrogens with two attached hydrogens (primary N) is 1. The number of nitrogens with zero attached hydrogens (tertiary/aromatic N) is 3. The molecule has 0 saturated heterocycles. The molecule has 0 bridgehead atoms. The molecule has 27 heavy (non-hydrogen) atoms. The number of aromatic amines is 1. The predicted octanol–water partition coefficient (Wildman–Crippen LogP) is -0.0673. The lowest BCUT2D eigenvalue weighted by Crippen LogP contribution is -2.13. The molecule has 4 N–H and O–H groups in total. The number of anilines is 1. The molecular weight excluding hydrogens is 385 g/mol. The Morgan fingerprint density at radius 1 is 1.41 bits per heavy atom. The van der Waals surface area contributed by atoms with Crippen LogP contribution in [0.4, 0.5) is 5.95 Å². The van der Waals surface area contributed by atoms with Crippen LogP contribution in [-0.2, 0) is 27.0 Å². The van der Waals surface area contributed by atoms with Crippen LogP contribution in [0.25, 0.3) is 11.2 Å². The SMILES string of the molecule is Cc1oc(=O)oc1COP(=O)(O)COCCn1cnc2c(=O)[nH]c(N)nc21. The highest BCUT2D eigenvalue weighted by molar-refractivity contribution is 7.52. The van der Waals surface area contributed by atoms with Crippen LogP contribution in [0.15, 0.2) is 24.8 Å². The second-order valence-corrected chi connectivity index (χ2v) is 7.23. The molecule has 0 amide bonds. The number of hydrogen-bond acceptors (Lipinski definition) is 10. The molecule has 0 spiro atoms. The summed E-state index contributed by atoms with van der Waals surface area (Å²) in [6.07, 6.45) is 0.797. The minimum Gasteiger partial charge on any atom is -0.396 e. The van der Waals surface area contributed by atoms with E-state index in [2.05, 4.69) is 23.8 Å². The van der Waals surface area contributed by atoms with Crippen LogP contribution in [-0.4, -0.2) is 37.4 Å². The summed E-state index contributed by atoms with van der Waals surface area (Å²) in [7, 11) is -4.08. The van der Waals surface area contributed by atoms with Gasteiger partial charge in [0, 0.05) is 6.54 Å². The number of nitrogen functional groups attached to an aromatic ring is 1. The maximum absolute atomic E-state index is 11.9. The highest BCUT2D eigenvalue weighted by atomic mass is 31.2. The standard InChI is InChI=1S/C13H16N5O8P/c1-7-8(26-13(20)25-7)4-24-27(21,22)6-23-3-2-18-5-15-9-10(18)16-12(14)17-11(9)19/h5H,2-4,6H2,1H3,(H,21,22)(H3,14,16,17,19). The Morgan fingerprint density at radius 3 is 2.89 bits per heavy atom. The Morgan fingerprint density at radius 2 is 2.19 bits per heavy atom. The van der Waals surface area contributed by atoms with Crippen molar-refractivity contribution >= 4 is 24.7 Å². The number of H-pyrrole nitrogens is 1. The third kappa shape index (κ3) is 4.52. The van der Waals surface area contributed by atoms with E-state index in [0.717, 1.165) is 0 Å². The highest BCUT2D eigenvalue weighted by Gasteiger charge is 2.22. The quantitative estimate of drug-likeness (QED) is 0.338. The normalized spacial score (nSPS) is 13.9. The number of aromatic nitrogens is 4. The lowest BCUT2D eigenvalue weighted by Gasteiger charge is -2.12. The molecule has 0 aliphatic rings. The first-order chi connectivity index (χ1) is 12.7. The molecule has 3 aromatic rings. The van der Waals surface area contributed by atoms with Gasteiger partial charge >= 0.3 is 13.4 Å². The molecule has 0 aliphatic heterocycles. The minimum absolute atomic E-state index is 0.0213. The summed E-state index contributed by atoms with van der Waals surface area (Å²) in [4.78, 5) is 42.6. The fraction of sp³-hybridized carbons (Fsp3) is 0.385. The molecule has 1 unspecified atom stereocenters. The van der Waals surface area contributed by atoms with Gasteiger partial charge in [-0.1, -0.05) is 0 Å². The van der Waals surface area contributed by atoms with Crippen LogP contribution < -0.4 is 17.1 Å². The van der Waals surface area contributed by atoms with E-state index in [0.29, 0.717) is 0 Å². The Balaban J connectivity index is 1.52. The van der Waals surface area contributed by atoms with E-state index in [1.165, 1.54) is 17.8 Å². The molecular formula is C13H16N5O8P. The Hall–Kier alpha value is -2.73. The first-order valence-electron chi connectivity index (χ1n) is 7.59. The third-order valence-electron chi connectivity index (χ3n) is 3.46. The lowest BCUT2D eigenvalue weighted by molar-refractivity contribution is 0.132.